The van der Waals surface area contributed by atoms with Gasteiger partial charge in [0.15, 0.2) is 6.61 Å². The van der Waals surface area contributed by atoms with Crippen molar-refractivity contribution in [3.63, 3.8) is 0 Å². The Morgan fingerprint density at radius 2 is 1.62 bits per heavy atom. The van der Waals surface area contributed by atoms with Crippen molar-refractivity contribution >= 4 is 23.2 Å². The van der Waals surface area contributed by atoms with Crippen LogP contribution in [0.5, 0.6) is 5.75 Å². The SMILES string of the molecule is Cc1ccc(F)cc1NC(=O)c1ccccc1OCC(=O)Nc1ccccc1F. The van der Waals surface area contributed by atoms with E-state index in [4.69, 9.17) is 4.74 Å². The lowest BCUT2D eigenvalue weighted by molar-refractivity contribution is -0.118. The number of aryl methyl sites for hydroxylation is 1. The molecule has 0 saturated carbocycles. The highest BCUT2D eigenvalue weighted by Crippen LogP contribution is 2.22. The van der Waals surface area contributed by atoms with Gasteiger partial charge in [0.2, 0.25) is 0 Å². The van der Waals surface area contributed by atoms with Gasteiger partial charge in [-0.15, -0.1) is 0 Å². The molecular weight excluding hydrogens is 378 g/mol. The fraction of sp³-hybridized carbons (Fsp3) is 0.0909. The zero-order valence-corrected chi connectivity index (χ0v) is 15.5. The van der Waals surface area contributed by atoms with Crippen LogP contribution in [0.3, 0.4) is 0 Å². The Labute approximate surface area is 166 Å². The highest BCUT2D eigenvalue weighted by atomic mass is 19.1. The van der Waals surface area contributed by atoms with Gasteiger partial charge >= 0.3 is 0 Å². The van der Waals surface area contributed by atoms with Gasteiger partial charge in [-0.3, -0.25) is 9.59 Å². The molecule has 29 heavy (non-hydrogen) atoms. The molecule has 2 amide bonds. The lowest BCUT2D eigenvalue weighted by Gasteiger charge is -2.13. The molecule has 148 valence electrons. The van der Waals surface area contributed by atoms with Gasteiger partial charge in [0.25, 0.3) is 11.8 Å². The van der Waals surface area contributed by atoms with Crippen LogP contribution in [-0.2, 0) is 4.79 Å². The van der Waals surface area contributed by atoms with E-state index in [2.05, 4.69) is 10.6 Å². The van der Waals surface area contributed by atoms with Gasteiger partial charge in [0.1, 0.15) is 17.4 Å². The van der Waals surface area contributed by atoms with Crippen LogP contribution >= 0.6 is 0 Å². The van der Waals surface area contributed by atoms with Gasteiger partial charge in [-0.2, -0.15) is 0 Å². The van der Waals surface area contributed by atoms with E-state index in [9.17, 15) is 18.4 Å². The molecule has 0 aliphatic carbocycles. The van der Waals surface area contributed by atoms with Gasteiger partial charge in [-0.05, 0) is 48.9 Å². The molecule has 3 aromatic carbocycles. The van der Waals surface area contributed by atoms with Crippen LogP contribution in [0.25, 0.3) is 0 Å². The molecule has 0 radical (unpaired) electrons. The zero-order valence-electron chi connectivity index (χ0n) is 15.5. The van der Waals surface area contributed by atoms with Gasteiger partial charge in [0.05, 0.1) is 11.3 Å². The number of ether oxygens (including phenoxy) is 1. The number of halogens is 2. The Bertz CT molecular complexity index is 1050. The number of carbonyl (C=O) groups is 2. The third kappa shape index (κ3) is 5.16. The van der Waals surface area contributed by atoms with Crippen LogP contribution in [0.4, 0.5) is 20.2 Å². The van der Waals surface area contributed by atoms with Crippen molar-refractivity contribution in [3.8, 4) is 5.75 Å². The number of hydrogen-bond donors (Lipinski definition) is 2. The first-order valence-electron chi connectivity index (χ1n) is 8.78. The Morgan fingerprint density at radius 3 is 2.41 bits per heavy atom. The monoisotopic (exact) mass is 396 g/mol. The van der Waals surface area contributed by atoms with Crippen molar-refractivity contribution in [2.45, 2.75) is 6.92 Å². The van der Waals surface area contributed by atoms with E-state index < -0.39 is 30.1 Å². The van der Waals surface area contributed by atoms with Crippen molar-refractivity contribution in [1.29, 1.82) is 0 Å². The number of amides is 2. The first-order valence-corrected chi connectivity index (χ1v) is 8.78. The molecule has 0 aromatic heterocycles. The Balaban J connectivity index is 1.68. The number of carbonyl (C=O) groups excluding carboxylic acids is 2. The van der Waals surface area contributed by atoms with Gasteiger partial charge in [-0.25, -0.2) is 8.78 Å². The summed E-state index contributed by atoms with van der Waals surface area (Å²) < 4.78 is 32.5. The summed E-state index contributed by atoms with van der Waals surface area (Å²) in [4.78, 5) is 24.7. The maximum atomic E-state index is 13.6. The largest absolute Gasteiger partial charge is 0.483 e. The van der Waals surface area contributed by atoms with E-state index in [-0.39, 0.29) is 17.0 Å². The third-order valence-corrected chi connectivity index (χ3v) is 4.09. The second kappa shape index (κ2) is 8.97. The standard InChI is InChI=1S/C22H18F2N2O3/c1-14-10-11-15(23)12-19(14)26-22(28)16-6-2-5-9-20(16)29-13-21(27)25-18-8-4-3-7-17(18)24/h2-12H,13H2,1H3,(H,25,27)(H,26,28). The lowest BCUT2D eigenvalue weighted by atomic mass is 10.1. The summed E-state index contributed by atoms with van der Waals surface area (Å²) in [5.74, 6) is -1.95. The Hall–Kier alpha value is -3.74. The molecule has 3 aromatic rings. The molecule has 5 nitrogen and oxygen atoms in total. The van der Waals surface area contributed by atoms with E-state index in [1.807, 2.05) is 0 Å². The molecule has 0 heterocycles. The first kappa shape index (κ1) is 20.0. The number of para-hydroxylation sites is 2. The quantitative estimate of drug-likeness (QED) is 0.643. The van der Waals surface area contributed by atoms with Crippen molar-refractivity contribution in [3.05, 3.63) is 89.5 Å². The van der Waals surface area contributed by atoms with Crippen LogP contribution < -0.4 is 15.4 Å². The minimum atomic E-state index is -0.578. The van der Waals surface area contributed by atoms with Crippen molar-refractivity contribution in [2.24, 2.45) is 0 Å². The zero-order chi connectivity index (χ0) is 20.8. The molecule has 0 aliphatic heterocycles. The second-order valence-electron chi connectivity index (χ2n) is 6.23. The maximum absolute atomic E-state index is 13.6. The molecule has 2 N–H and O–H groups in total. The number of anilines is 2. The first-order chi connectivity index (χ1) is 13.9. The normalized spacial score (nSPS) is 10.3. The minimum Gasteiger partial charge on any atom is -0.483 e. The van der Waals surface area contributed by atoms with E-state index in [1.54, 1.807) is 31.2 Å². The predicted octanol–water partition coefficient (Wildman–Crippen LogP) is 4.54. The molecular formula is C22H18F2N2O3. The number of benzene rings is 3. The molecule has 0 bridgehead atoms. The van der Waals surface area contributed by atoms with E-state index >= 15 is 0 Å². The topological polar surface area (TPSA) is 67.4 Å². The third-order valence-electron chi connectivity index (χ3n) is 4.09. The minimum absolute atomic E-state index is 0.0358. The van der Waals surface area contributed by atoms with Gasteiger partial charge in [0, 0.05) is 5.69 Å². The van der Waals surface area contributed by atoms with E-state index in [0.29, 0.717) is 11.3 Å². The van der Waals surface area contributed by atoms with Crippen LogP contribution in [0.2, 0.25) is 0 Å². The molecule has 0 saturated heterocycles. The molecule has 0 unspecified atom stereocenters. The number of nitrogens with one attached hydrogen (secondary N) is 2. The van der Waals surface area contributed by atoms with Crippen molar-refractivity contribution in [2.75, 3.05) is 17.2 Å². The molecule has 0 spiro atoms. The molecule has 0 aliphatic rings. The van der Waals surface area contributed by atoms with Gasteiger partial charge < -0.3 is 15.4 Å². The fourth-order valence-electron chi connectivity index (χ4n) is 2.59. The number of hydrogen-bond acceptors (Lipinski definition) is 3. The highest BCUT2D eigenvalue weighted by molar-refractivity contribution is 6.06. The summed E-state index contributed by atoms with van der Waals surface area (Å²) in [5.41, 5.74) is 1.24. The average Bonchev–Trinajstić information content (AvgIpc) is 2.71. The second-order valence-corrected chi connectivity index (χ2v) is 6.23. The maximum Gasteiger partial charge on any atom is 0.262 e. The Kier molecular flexibility index (Phi) is 6.19. The predicted molar refractivity (Wildman–Crippen MR) is 106 cm³/mol. The lowest BCUT2D eigenvalue weighted by Crippen LogP contribution is -2.22. The van der Waals surface area contributed by atoms with Crippen molar-refractivity contribution in [1.82, 2.24) is 0 Å². The van der Waals surface area contributed by atoms with Crippen LogP contribution in [-0.4, -0.2) is 18.4 Å². The molecule has 0 atom stereocenters. The fourth-order valence-corrected chi connectivity index (χ4v) is 2.59. The smallest absolute Gasteiger partial charge is 0.262 e. The Morgan fingerprint density at radius 1 is 0.897 bits per heavy atom. The summed E-state index contributed by atoms with van der Waals surface area (Å²) in [6, 6.07) is 16.2. The molecule has 0 fully saturated rings. The van der Waals surface area contributed by atoms with Crippen molar-refractivity contribution < 1.29 is 23.1 Å². The summed E-state index contributed by atoms with van der Waals surface area (Å²) in [6.45, 7) is 1.32. The molecule has 3 rings (SSSR count). The van der Waals surface area contributed by atoms with Crippen LogP contribution in [0, 0.1) is 18.6 Å². The average molecular weight is 396 g/mol. The highest BCUT2D eigenvalue weighted by Gasteiger charge is 2.15. The van der Waals surface area contributed by atoms with E-state index in [1.165, 1.54) is 42.5 Å². The summed E-state index contributed by atoms with van der Waals surface area (Å²) >= 11 is 0. The van der Waals surface area contributed by atoms with E-state index in [0.717, 1.165) is 0 Å². The molecule has 7 heteroatoms. The van der Waals surface area contributed by atoms with Crippen LogP contribution in [0.15, 0.2) is 66.7 Å². The summed E-state index contributed by atoms with van der Waals surface area (Å²) in [7, 11) is 0. The number of rotatable bonds is 6. The van der Waals surface area contributed by atoms with Gasteiger partial charge in [-0.1, -0.05) is 30.3 Å². The van der Waals surface area contributed by atoms with Crippen LogP contribution in [0.1, 0.15) is 15.9 Å². The summed E-state index contributed by atoms with van der Waals surface area (Å²) in [6.07, 6.45) is 0. The summed E-state index contributed by atoms with van der Waals surface area (Å²) in [5, 5.41) is 5.04.